The van der Waals surface area contributed by atoms with E-state index in [2.05, 4.69) is 5.32 Å². The molecule has 27 heavy (non-hydrogen) atoms. The number of benzene rings is 3. The van der Waals surface area contributed by atoms with Crippen LogP contribution in [0, 0.1) is 17.0 Å². The molecule has 0 spiro atoms. The van der Waals surface area contributed by atoms with Crippen LogP contribution in [0.5, 0.6) is 5.75 Å². The molecule has 3 rings (SSSR count). The van der Waals surface area contributed by atoms with Gasteiger partial charge in [-0.1, -0.05) is 29.8 Å². The first-order valence-corrected chi connectivity index (χ1v) is 8.84. The molecule has 0 amide bonds. The maximum absolute atomic E-state index is 10.7. The number of hydrogen-bond donors (Lipinski definition) is 1. The van der Waals surface area contributed by atoms with Crippen LogP contribution in [0.3, 0.4) is 0 Å². The lowest BCUT2D eigenvalue weighted by atomic mass is 10.2. The van der Waals surface area contributed by atoms with E-state index in [1.165, 1.54) is 12.1 Å². The van der Waals surface area contributed by atoms with Crippen LogP contribution >= 0.6 is 11.6 Å². The lowest BCUT2D eigenvalue weighted by Gasteiger charge is -2.10. The highest BCUT2D eigenvalue weighted by atomic mass is 35.5. The summed E-state index contributed by atoms with van der Waals surface area (Å²) < 4.78 is 5.73. The smallest absolute Gasteiger partial charge is 0.269 e. The van der Waals surface area contributed by atoms with Gasteiger partial charge < -0.3 is 10.1 Å². The molecular formula is C21H19ClN2O3. The van der Waals surface area contributed by atoms with Crippen LogP contribution in [0.4, 0.5) is 11.4 Å². The average Bonchev–Trinajstić information content (AvgIpc) is 2.68. The van der Waals surface area contributed by atoms with Gasteiger partial charge in [-0.15, -0.1) is 0 Å². The molecule has 0 aromatic heterocycles. The van der Waals surface area contributed by atoms with E-state index in [1.54, 1.807) is 12.1 Å². The number of nitro benzene ring substituents is 1. The minimum Gasteiger partial charge on any atom is -0.489 e. The van der Waals surface area contributed by atoms with Gasteiger partial charge in [-0.3, -0.25) is 10.1 Å². The van der Waals surface area contributed by atoms with E-state index < -0.39 is 4.92 Å². The Bertz CT molecular complexity index is 925. The molecular weight excluding hydrogens is 364 g/mol. The van der Waals surface area contributed by atoms with Gasteiger partial charge in [-0.05, 0) is 60.0 Å². The Labute approximate surface area is 162 Å². The molecule has 0 heterocycles. The average molecular weight is 383 g/mol. The van der Waals surface area contributed by atoms with E-state index in [-0.39, 0.29) is 5.69 Å². The van der Waals surface area contributed by atoms with Crippen molar-refractivity contribution in [1.82, 2.24) is 0 Å². The van der Waals surface area contributed by atoms with E-state index in [9.17, 15) is 10.1 Å². The standard InChI is InChI=1S/C21H19ClN2O3/c1-15-2-7-18(12-21(15)22)23-13-16-5-10-20(11-6-16)27-14-17-3-8-19(9-4-17)24(25)26/h2-12,23H,13-14H2,1H3. The van der Waals surface area contributed by atoms with E-state index in [0.717, 1.165) is 33.1 Å². The zero-order chi connectivity index (χ0) is 19.2. The Kier molecular flexibility index (Phi) is 5.94. The summed E-state index contributed by atoms with van der Waals surface area (Å²) in [7, 11) is 0. The van der Waals surface area contributed by atoms with Gasteiger partial charge >= 0.3 is 0 Å². The van der Waals surface area contributed by atoms with Crippen molar-refractivity contribution in [1.29, 1.82) is 0 Å². The predicted octanol–water partition coefficient (Wildman–Crippen LogP) is 5.75. The van der Waals surface area contributed by atoms with Gasteiger partial charge in [0, 0.05) is 29.4 Å². The van der Waals surface area contributed by atoms with Gasteiger partial charge in [0.05, 0.1) is 4.92 Å². The first kappa shape index (κ1) is 18.7. The van der Waals surface area contributed by atoms with Gasteiger partial charge in [-0.25, -0.2) is 0 Å². The number of nitrogens with one attached hydrogen (secondary N) is 1. The van der Waals surface area contributed by atoms with E-state index >= 15 is 0 Å². The summed E-state index contributed by atoms with van der Waals surface area (Å²) in [4.78, 5) is 10.2. The van der Waals surface area contributed by atoms with Crippen molar-refractivity contribution in [3.63, 3.8) is 0 Å². The van der Waals surface area contributed by atoms with Crippen molar-refractivity contribution < 1.29 is 9.66 Å². The molecule has 0 radical (unpaired) electrons. The fourth-order valence-corrected chi connectivity index (χ4v) is 2.67. The Morgan fingerprint density at radius 2 is 1.67 bits per heavy atom. The molecule has 0 saturated heterocycles. The van der Waals surface area contributed by atoms with E-state index in [4.69, 9.17) is 16.3 Å². The van der Waals surface area contributed by atoms with Crippen molar-refractivity contribution in [2.75, 3.05) is 5.32 Å². The first-order chi connectivity index (χ1) is 13.0. The Morgan fingerprint density at radius 1 is 1.00 bits per heavy atom. The molecule has 3 aromatic rings. The van der Waals surface area contributed by atoms with Crippen molar-refractivity contribution in [2.24, 2.45) is 0 Å². The fourth-order valence-electron chi connectivity index (χ4n) is 2.49. The monoisotopic (exact) mass is 382 g/mol. The molecule has 0 bridgehead atoms. The number of anilines is 1. The van der Waals surface area contributed by atoms with Crippen molar-refractivity contribution in [3.8, 4) is 5.75 Å². The maximum atomic E-state index is 10.7. The van der Waals surface area contributed by atoms with Crippen LogP contribution < -0.4 is 10.1 Å². The minimum absolute atomic E-state index is 0.0745. The van der Waals surface area contributed by atoms with Gasteiger partial charge in [0.2, 0.25) is 0 Å². The Morgan fingerprint density at radius 3 is 2.30 bits per heavy atom. The number of aryl methyl sites for hydroxylation is 1. The molecule has 0 aliphatic rings. The Hall–Kier alpha value is -3.05. The molecule has 6 heteroatoms. The molecule has 0 atom stereocenters. The molecule has 5 nitrogen and oxygen atoms in total. The number of hydrogen-bond acceptors (Lipinski definition) is 4. The third-order valence-corrected chi connectivity index (χ3v) is 4.55. The topological polar surface area (TPSA) is 64.4 Å². The third kappa shape index (κ3) is 5.21. The summed E-state index contributed by atoms with van der Waals surface area (Å²) in [5.74, 6) is 0.746. The van der Waals surface area contributed by atoms with Crippen LogP contribution in [-0.4, -0.2) is 4.92 Å². The Balaban J connectivity index is 1.52. The van der Waals surface area contributed by atoms with Crippen LogP contribution in [0.1, 0.15) is 16.7 Å². The summed E-state index contributed by atoms with van der Waals surface area (Å²) in [6.45, 7) is 3.01. The highest BCUT2D eigenvalue weighted by molar-refractivity contribution is 6.31. The van der Waals surface area contributed by atoms with Crippen molar-refractivity contribution >= 4 is 23.0 Å². The van der Waals surface area contributed by atoms with Crippen LogP contribution in [0.25, 0.3) is 0 Å². The molecule has 0 aliphatic carbocycles. The number of ether oxygens (including phenoxy) is 1. The third-order valence-electron chi connectivity index (χ3n) is 4.14. The van der Waals surface area contributed by atoms with Crippen LogP contribution in [0.15, 0.2) is 66.7 Å². The number of non-ortho nitro benzene ring substituents is 1. The molecule has 0 fully saturated rings. The minimum atomic E-state index is -0.415. The SMILES string of the molecule is Cc1ccc(NCc2ccc(OCc3ccc([N+](=O)[O-])cc3)cc2)cc1Cl. The molecule has 0 unspecified atom stereocenters. The normalized spacial score (nSPS) is 10.4. The largest absolute Gasteiger partial charge is 0.489 e. The van der Waals surface area contributed by atoms with Gasteiger partial charge in [-0.2, -0.15) is 0 Å². The lowest BCUT2D eigenvalue weighted by Crippen LogP contribution is -2.00. The van der Waals surface area contributed by atoms with Crippen LogP contribution in [-0.2, 0) is 13.2 Å². The summed E-state index contributed by atoms with van der Waals surface area (Å²) >= 11 is 6.14. The second-order valence-corrected chi connectivity index (χ2v) is 6.58. The molecule has 138 valence electrons. The van der Waals surface area contributed by atoms with Crippen molar-refractivity contribution in [2.45, 2.75) is 20.1 Å². The molecule has 0 aliphatic heterocycles. The van der Waals surface area contributed by atoms with Gasteiger partial charge in [0.1, 0.15) is 12.4 Å². The zero-order valence-electron chi connectivity index (χ0n) is 14.8. The second-order valence-electron chi connectivity index (χ2n) is 6.17. The summed E-state index contributed by atoms with van der Waals surface area (Å²) in [5, 5.41) is 14.7. The number of halogens is 1. The maximum Gasteiger partial charge on any atom is 0.269 e. The summed E-state index contributed by atoms with van der Waals surface area (Å²) in [6, 6.07) is 20.1. The summed E-state index contributed by atoms with van der Waals surface area (Å²) in [5.41, 5.74) is 4.10. The molecule has 1 N–H and O–H groups in total. The number of nitro groups is 1. The zero-order valence-corrected chi connectivity index (χ0v) is 15.6. The van der Waals surface area contributed by atoms with E-state index in [1.807, 2.05) is 49.4 Å². The molecule has 3 aromatic carbocycles. The quantitative estimate of drug-likeness (QED) is 0.417. The molecule has 0 saturated carbocycles. The van der Waals surface area contributed by atoms with Gasteiger partial charge in [0.25, 0.3) is 5.69 Å². The fraction of sp³-hybridized carbons (Fsp3) is 0.143. The van der Waals surface area contributed by atoms with E-state index in [0.29, 0.717) is 13.2 Å². The predicted molar refractivity (Wildman–Crippen MR) is 107 cm³/mol. The number of nitrogens with zero attached hydrogens (tertiary/aromatic N) is 1. The number of rotatable bonds is 7. The van der Waals surface area contributed by atoms with Gasteiger partial charge in [0.15, 0.2) is 0 Å². The summed E-state index contributed by atoms with van der Waals surface area (Å²) in [6.07, 6.45) is 0. The highest BCUT2D eigenvalue weighted by Gasteiger charge is 2.04. The second kappa shape index (κ2) is 8.56. The first-order valence-electron chi connectivity index (χ1n) is 8.46. The lowest BCUT2D eigenvalue weighted by molar-refractivity contribution is -0.384. The van der Waals surface area contributed by atoms with Crippen molar-refractivity contribution in [3.05, 3.63) is 98.6 Å². The highest BCUT2D eigenvalue weighted by Crippen LogP contribution is 2.21. The van der Waals surface area contributed by atoms with Crippen LogP contribution in [0.2, 0.25) is 5.02 Å².